The van der Waals surface area contributed by atoms with Crippen LogP contribution < -0.4 is 10.6 Å². The van der Waals surface area contributed by atoms with E-state index in [1.54, 1.807) is 12.3 Å². The summed E-state index contributed by atoms with van der Waals surface area (Å²) in [6.07, 6.45) is 7.21. The van der Waals surface area contributed by atoms with Gasteiger partial charge >= 0.3 is 0 Å². The number of pyridine rings is 1. The molecule has 14 heavy (non-hydrogen) atoms. The first-order valence-electron chi connectivity index (χ1n) is 4.33. The van der Waals surface area contributed by atoms with Crippen molar-refractivity contribution >= 4 is 18.1 Å². The molecule has 1 aliphatic carbocycles. The molecule has 3 rings (SSSR count). The summed E-state index contributed by atoms with van der Waals surface area (Å²) in [5.41, 5.74) is 1.66. The van der Waals surface area contributed by atoms with Crippen LogP contribution in [0.1, 0.15) is 5.69 Å². The van der Waals surface area contributed by atoms with Crippen molar-refractivity contribution in [3.63, 3.8) is 0 Å². The van der Waals surface area contributed by atoms with Crippen molar-refractivity contribution in [2.75, 3.05) is 0 Å². The molecule has 0 spiro atoms. The Morgan fingerprint density at radius 3 is 3.14 bits per heavy atom. The molecule has 0 radical (unpaired) electrons. The van der Waals surface area contributed by atoms with Gasteiger partial charge in [-0.05, 0) is 12.2 Å². The first kappa shape index (κ1) is 7.44. The molecule has 0 fully saturated rings. The fourth-order valence-corrected chi connectivity index (χ4v) is 1.65. The van der Waals surface area contributed by atoms with Crippen molar-refractivity contribution in [2.45, 2.75) is 6.42 Å². The normalized spacial score (nSPS) is 16.4. The van der Waals surface area contributed by atoms with Gasteiger partial charge in [0, 0.05) is 11.6 Å². The Labute approximate surface area is 79.7 Å². The van der Waals surface area contributed by atoms with E-state index in [-0.39, 0.29) is 0 Å². The van der Waals surface area contributed by atoms with Gasteiger partial charge in [0.05, 0.1) is 17.6 Å². The summed E-state index contributed by atoms with van der Waals surface area (Å²) in [5, 5.41) is 11.2. The largest absolute Gasteiger partial charge is 0.512 e. The molecule has 68 valence electrons. The van der Waals surface area contributed by atoms with Crippen molar-refractivity contribution in [3.05, 3.63) is 34.3 Å². The fourth-order valence-electron chi connectivity index (χ4n) is 1.65. The third-order valence-corrected chi connectivity index (χ3v) is 2.33. The smallest absolute Gasteiger partial charge is 0.117 e. The second-order valence-corrected chi connectivity index (χ2v) is 3.23. The van der Waals surface area contributed by atoms with Gasteiger partial charge in [0.2, 0.25) is 0 Å². The van der Waals surface area contributed by atoms with Gasteiger partial charge in [-0.2, -0.15) is 0 Å². The minimum absolute atomic E-state index is 0.337. The first-order chi connectivity index (χ1) is 6.84. The van der Waals surface area contributed by atoms with E-state index in [1.165, 1.54) is 6.34 Å². The molecule has 0 amide bonds. The number of aliphatic hydroxyl groups is 1. The van der Waals surface area contributed by atoms with E-state index in [4.69, 9.17) is 0 Å². The zero-order chi connectivity index (χ0) is 9.54. The van der Waals surface area contributed by atoms with Crippen LogP contribution in [-0.2, 0) is 6.42 Å². The summed E-state index contributed by atoms with van der Waals surface area (Å²) >= 11 is 0. The highest BCUT2D eigenvalue weighted by atomic mass is 16.3. The van der Waals surface area contributed by atoms with E-state index in [0.717, 1.165) is 22.0 Å². The molecule has 4 nitrogen and oxygen atoms in total. The number of nitrogens with zero attached hydrogens (tertiary/aromatic N) is 3. The second kappa shape index (κ2) is 2.51. The molecule has 0 atom stereocenters. The molecular formula is C10H7N3O. The number of rotatable bonds is 0. The first-order valence-corrected chi connectivity index (χ1v) is 4.33. The van der Waals surface area contributed by atoms with E-state index < -0.39 is 0 Å². The Morgan fingerprint density at radius 1 is 1.29 bits per heavy atom. The number of aromatic nitrogens is 1. The average molecular weight is 185 g/mol. The predicted molar refractivity (Wildman–Crippen MR) is 52.1 cm³/mol. The van der Waals surface area contributed by atoms with Gasteiger partial charge in [-0.15, -0.1) is 0 Å². The quantitative estimate of drug-likeness (QED) is 0.625. The summed E-state index contributed by atoms with van der Waals surface area (Å²) in [6, 6.07) is 0. The standard InChI is InChI=1S/C10H7N3O/c14-6-1-2-7-8(3-6)11-4-9-10(7)13-5-12-9/h1-2,4-5,14H,3H2. The van der Waals surface area contributed by atoms with Crippen LogP contribution in [0.3, 0.4) is 0 Å². The third-order valence-electron chi connectivity index (χ3n) is 2.33. The molecule has 2 aliphatic rings. The van der Waals surface area contributed by atoms with E-state index in [9.17, 15) is 5.11 Å². The monoisotopic (exact) mass is 185 g/mol. The summed E-state index contributed by atoms with van der Waals surface area (Å²) < 4.78 is 0. The SMILES string of the molecule is OC1=CC=c2c(ncc3c2=NC=N3)C1. The summed E-state index contributed by atoms with van der Waals surface area (Å²) in [6.45, 7) is 0. The average Bonchev–Trinajstić information content (AvgIpc) is 2.65. The van der Waals surface area contributed by atoms with Gasteiger partial charge in [-0.3, -0.25) is 4.98 Å². The van der Waals surface area contributed by atoms with Crippen LogP contribution in [0.15, 0.2) is 28.0 Å². The van der Waals surface area contributed by atoms with Crippen LogP contribution in [0.2, 0.25) is 0 Å². The number of hydrogen-bond donors (Lipinski definition) is 1. The van der Waals surface area contributed by atoms with Crippen LogP contribution >= 0.6 is 0 Å². The number of hydrogen-bond acceptors (Lipinski definition) is 4. The fraction of sp³-hybridized carbons (Fsp3) is 0.100. The van der Waals surface area contributed by atoms with Gasteiger partial charge in [-0.25, -0.2) is 9.98 Å². The topological polar surface area (TPSA) is 57.8 Å². The van der Waals surface area contributed by atoms with Crippen molar-refractivity contribution < 1.29 is 5.11 Å². The molecule has 4 heteroatoms. The Morgan fingerprint density at radius 2 is 2.21 bits per heavy atom. The van der Waals surface area contributed by atoms with Crippen LogP contribution in [0.4, 0.5) is 5.69 Å². The Kier molecular flexibility index (Phi) is 1.33. The number of fused-ring (bicyclic) bond motifs is 3. The Hall–Kier alpha value is -1.97. The molecule has 0 saturated heterocycles. The second-order valence-electron chi connectivity index (χ2n) is 3.23. The molecule has 1 N–H and O–H groups in total. The zero-order valence-electron chi connectivity index (χ0n) is 7.31. The van der Waals surface area contributed by atoms with Crippen LogP contribution in [-0.4, -0.2) is 16.4 Å². The molecule has 0 aromatic carbocycles. The molecule has 0 unspecified atom stereocenters. The van der Waals surface area contributed by atoms with Crippen LogP contribution in [0.25, 0.3) is 6.08 Å². The molecule has 1 aromatic rings. The van der Waals surface area contributed by atoms with Gasteiger partial charge < -0.3 is 5.11 Å². The Bertz CT molecular complexity index is 584. The van der Waals surface area contributed by atoms with E-state index >= 15 is 0 Å². The molecule has 1 aromatic heterocycles. The highest BCUT2D eigenvalue weighted by Crippen LogP contribution is 2.08. The van der Waals surface area contributed by atoms with Crippen molar-refractivity contribution in [1.29, 1.82) is 0 Å². The molecule has 2 heterocycles. The zero-order valence-corrected chi connectivity index (χ0v) is 7.31. The maximum Gasteiger partial charge on any atom is 0.117 e. The van der Waals surface area contributed by atoms with E-state index in [1.807, 2.05) is 6.08 Å². The maximum atomic E-state index is 9.33. The number of aliphatic hydroxyl groups excluding tert-OH is 1. The van der Waals surface area contributed by atoms with Gasteiger partial charge in [0.25, 0.3) is 0 Å². The van der Waals surface area contributed by atoms with E-state index in [0.29, 0.717) is 12.2 Å². The van der Waals surface area contributed by atoms with Crippen LogP contribution in [0.5, 0.6) is 0 Å². The molecule has 1 aliphatic heterocycles. The predicted octanol–water partition coefficient (Wildman–Crippen LogP) is 0.153. The van der Waals surface area contributed by atoms with Gasteiger partial charge in [0.15, 0.2) is 0 Å². The highest BCUT2D eigenvalue weighted by molar-refractivity contribution is 5.67. The highest BCUT2D eigenvalue weighted by Gasteiger charge is 2.10. The lowest BCUT2D eigenvalue weighted by atomic mass is 10.1. The van der Waals surface area contributed by atoms with E-state index in [2.05, 4.69) is 15.0 Å². The molecule has 0 bridgehead atoms. The summed E-state index contributed by atoms with van der Waals surface area (Å²) in [5.74, 6) is 0.337. The number of allylic oxidation sites excluding steroid dienone is 2. The Balaban J connectivity index is 2.43. The van der Waals surface area contributed by atoms with Crippen molar-refractivity contribution in [2.24, 2.45) is 9.98 Å². The molecular weight excluding hydrogens is 178 g/mol. The lowest BCUT2D eigenvalue weighted by molar-refractivity contribution is 0.396. The van der Waals surface area contributed by atoms with Gasteiger partial charge in [0.1, 0.15) is 17.4 Å². The summed E-state index contributed by atoms with van der Waals surface area (Å²) in [4.78, 5) is 12.5. The minimum atomic E-state index is 0.337. The van der Waals surface area contributed by atoms with Gasteiger partial charge in [-0.1, -0.05) is 0 Å². The molecule has 0 saturated carbocycles. The minimum Gasteiger partial charge on any atom is -0.512 e. The third kappa shape index (κ3) is 0.907. The van der Waals surface area contributed by atoms with Crippen molar-refractivity contribution in [1.82, 2.24) is 4.98 Å². The number of aliphatic imine (C=N–C) groups is 1. The maximum absolute atomic E-state index is 9.33. The lowest BCUT2D eigenvalue weighted by Crippen LogP contribution is -2.31. The lowest BCUT2D eigenvalue weighted by Gasteiger charge is -2.05. The van der Waals surface area contributed by atoms with Crippen LogP contribution in [0, 0.1) is 0 Å². The summed E-state index contributed by atoms with van der Waals surface area (Å²) in [7, 11) is 0. The van der Waals surface area contributed by atoms with Crippen molar-refractivity contribution in [3.8, 4) is 0 Å².